The van der Waals surface area contributed by atoms with Crippen molar-refractivity contribution in [1.82, 2.24) is 10.2 Å². The topological polar surface area (TPSA) is 15.3 Å². The number of rotatable bonds is 4. The van der Waals surface area contributed by atoms with Crippen LogP contribution in [0, 0.1) is 0 Å². The van der Waals surface area contributed by atoms with Crippen molar-refractivity contribution in [2.75, 3.05) is 19.6 Å². The molecule has 20 heavy (non-hydrogen) atoms. The molecule has 2 unspecified atom stereocenters. The van der Waals surface area contributed by atoms with Crippen LogP contribution < -0.4 is 5.32 Å². The highest BCUT2D eigenvalue weighted by atomic mass is 19.3. The molecule has 4 heteroatoms. The molecular weight excluding hydrogens is 258 g/mol. The van der Waals surface area contributed by atoms with Crippen LogP contribution >= 0.6 is 0 Å². The predicted molar refractivity (Wildman–Crippen MR) is 76.0 cm³/mol. The minimum atomic E-state index is -2.79. The summed E-state index contributed by atoms with van der Waals surface area (Å²) in [5, 5.41) is 3.13. The Bertz CT molecular complexity index is 435. The normalized spacial score (nSPS) is 27.5. The van der Waals surface area contributed by atoms with E-state index in [1.807, 2.05) is 0 Å². The molecule has 2 aliphatic heterocycles. The van der Waals surface area contributed by atoms with E-state index in [0.29, 0.717) is 6.04 Å². The summed E-state index contributed by atoms with van der Waals surface area (Å²) in [6.07, 6.45) is 4.63. The minimum Gasteiger partial charge on any atom is -0.306 e. The highest BCUT2D eigenvalue weighted by Gasteiger charge is 2.38. The maximum Gasteiger partial charge on any atom is 0.285 e. The number of fused-ring (bicyclic) bond motifs is 1. The summed E-state index contributed by atoms with van der Waals surface area (Å²) in [7, 11) is 0. The largest absolute Gasteiger partial charge is 0.306 e. The van der Waals surface area contributed by atoms with E-state index < -0.39 is 5.92 Å². The fourth-order valence-electron chi connectivity index (χ4n) is 3.53. The van der Waals surface area contributed by atoms with Crippen LogP contribution in [0.5, 0.6) is 0 Å². The first kappa shape index (κ1) is 14.0. The Morgan fingerprint density at radius 1 is 1.10 bits per heavy atom. The number of nitrogens with zero attached hydrogens (tertiary/aromatic N) is 1. The smallest absolute Gasteiger partial charge is 0.285 e. The van der Waals surface area contributed by atoms with Crippen LogP contribution in [-0.4, -0.2) is 36.6 Å². The third-order valence-electron chi connectivity index (χ3n) is 4.64. The zero-order chi connectivity index (χ0) is 14.0. The Hall–Kier alpha value is -1.00. The summed E-state index contributed by atoms with van der Waals surface area (Å²) in [6, 6.07) is 8.81. The van der Waals surface area contributed by atoms with Gasteiger partial charge in [0.2, 0.25) is 0 Å². The maximum atomic E-state index is 14.2. The van der Waals surface area contributed by atoms with Crippen molar-refractivity contribution in [1.29, 1.82) is 0 Å². The standard InChI is InChI=1S/C16H22F2N2/c17-16(18,13-6-2-1-3-7-13)12-19-14-9-11-20-10-5-4-8-15(14)20/h1-3,6-7,14-15,19H,4-5,8-12H2. The molecule has 1 aromatic rings. The second-order valence-electron chi connectivity index (χ2n) is 5.95. The van der Waals surface area contributed by atoms with Crippen LogP contribution in [0.4, 0.5) is 8.78 Å². The van der Waals surface area contributed by atoms with E-state index >= 15 is 0 Å². The lowest BCUT2D eigenvalue weighted by atomic mass is 9.98. The zero-order valence-electron chi connectivity index (χ0n) is 11.7. The Balaban J connectivity index is 1.59. The average Bonchev–Trinajstić information content (AvgIpc) is 2.89. The first-order valence-corrected chi connectivity index (χ1v) is 7.57. The Morgan fingerprint density at radius 2 is 1.90 bits per heavy atom. The van der Waals surface area contributed by atoms with Crippen molar-refractivity contribution < 1.29 is 8.78 Å². The van der Waals surface area contributed by atoms with Crippen molar-refractivity contribution in [3.63, 3.8) is 0 Å². The first-order valence-electron chi connectivity index (χ1n) is 7.57. The number of piperidine rings is 1. The summed E-state index contributed by atoms with van der Waals surface area (Å²) in [4.78, 5) is 2.46. The minimum absolute atomic E-state index is 0.103. The lowest BCUT2D eigenvalue weighted by molar-refractivity contribution is -0.00722. The molecule has 3 rings (SSSR count). The summed E-state index contributed by atoms with van der Waals surface area (Å²) in [6.45, 7) is 1.93. The van der Waals surface area contributed by atoms with Crippen molar-refractivity contribution >= 4 is 0 Å². The molecule has 0 bridgehead atoms. The van der Waals surface area contributed by atoms with Crippen LogP contribution in [-0.2, 0) is 5.92 Å². The third kappa shape index (κ3) is 2.86. The van der Waals surface area contributed by atoms with Gasteiger partial charge in [-0.05, 0) is 25.8 Å². The van der Waals surface area contributed by atoms with E-state index in [0.717, 1.165) is 25.9 Å². The van der Waals surface area contributed by atoms with Gasteiger partial charge in [0.15, 0.2) is 0 Å². The van der Waals surface area contributed by atoms with Crippen LogP contribution in [0.3, 0.4) is 0 Å². The molecule has 0 aliphatic carbocycles. The van der Waals surface area contributed by atoms with Gasteiger partial charge in [0.1, 0.15) is 0 Å². The molecule has 2 atom stereocenters. The second-order valence-corrected chi connectivity index (χ2v) is 5.95. The van der Waals surface area contributed by atoms with Crippen molar-refractivity contribution in [3.8, 4) is 0 Å². The zero-order valence-corrected chi connectivity index (χ0v) is 11.7. The van der Waals surface area contributed by atoms with Crippen molar-refractivity contribution in [2.45, 2.75) is 43.7 Å². The van der Waals surface area contributed by atoms with Crippen LogP contribution in [0.2, 0.25) is 0 Å². The summed E-state index contributed by atoms with van der Waals surface area (Å²) in [5.41, 5.74) is 0.103. The Labute approximate surface area is 119 Å². The highest BCUT2D eigenvalue weighted by Crippen LogP contribution is 2.30. The molecule has 0 amide bonds. The molecule has 110 valence electrons. The van der Waals surface area contributed by atoms with Crippen molar-refractivity contribution in [2.24, 2.45) is 0 Å². The van der Waals surface area contributed by atoms with Gasteiger partial charge in [-0.1, -0.05) is 36.8 Å². The highest BCUT2D eigenvalue weighted by molar-refractivity contribution is 5.20. The van der Waals surface area contributed by atoms with Gasteiger partial charge in [0.25, 0.3) is 5.92 Å². The molecule has 0 radical (unpaired) electrons. The fourth-order valence-corrected chi connectivity index (χ4v) is 3.53. The van der Waals surface area contributed by atoms with E-state index in [2.05, 4.69) is 10.2 Å². The van der Waals surface area contributed by atoms with Crippen LogP contribution in [0.1, 0.15) is 31.2 Å². The van der Waals surface area contributed by atoms with E-state index in [1.54, 1.807) is 18.2 Å². The monoisotopic (exact) mass is 280 g/mol. The lowest BCUT2D eigenvalue weighted by Gasteiger charge is -2.33. The number of hydrogen-bond acceptors (Lipinski definition) is 2. The summed E-state index contributed by atoms with van der Waals surface area (Å²) in [5.74, 6) is -2.79. The van der Waals surface area contributed by atoms with E-state index in [4.69, 9.17) is 0 Å². The van der Waals surface area contributed by atoms with Gasteiger partial charge in [-0.25, -0.2) is 0 Å². The SMILES string of the molecule is FC(F)(CNC1CCN2CCCCC12)c1ccccc1. The molecule has 2 heterocycles. The van der Waals surface area contributed by atoms with Gasteiger partial charge >= 0.3 is 0 Å². The molecule has 2 nitrogen and oxygen atoms in total. The lowest BCUT2D eigenvalue weighted by Crippen LogP contribution is -2.47. The molecular formula is C16H22F2N2. The number of halogens is 2. The van der Waals surface area contributed by atoms with Crippen LogP contribution in [0.15, 0.2) is 30.3 Å². The van der Waals surface area contributed by atoms with Gasteiger partial charge in [-0.3, -0.25) is 4.90 Å². The van der Waals surface area contributed by atoms with Gasteiger partial charge in [0.05, 0.1) is 6.54 Å². The molecule has 0 saturated carbocycles. The quantitative estimate of drug-likeness (QED) is 0.912. The Kier molecular flexibility index (Phi) is 4.03. The number of benzene rings is 1. The number of hydrogen-bond donors (Lipinski definition) is 1. The van der Waals surface area contributed by atoms with Crippen molar-refractivity contribution in [3.05, 3.63) is 35.9 Å². The average molecular weight is 280 g/mol. The van der Waals surface area contributed by atoms with Gasteiger partial charge < -0.3 is 5.32 Å². The van der Waals surface area contributed by atoms with E-state index in [-0.39, 0.29) is 18.2 Å². The maximum absolute atomic E-state index is 14.2. The number of nitrogens with one attached hydrogen (secondary N) is 1. The molecule has 2 saturated heterocycles. The molecule has 1 N–H and O–H groups in total. The molecule has 1 aromatic carbocycles. The fraction of sp³-hybridized carbons (Fsp3) is 0.625. The molecule has 0 aromatic heterocycles. The number of alkyl halides is 2. The summed E-state index contributed by atoms with van der Waals surface area (Å²) >= 11 is 0. The summed E-state index contributed by atoms with van der Waals surface area (Å²) < 4.78 is 28.3. The van der Waals surface area contributed by atoms with E-state index in [9.17, 15) is 8.78 Å². The second kappa shape index (κ2) is 5.78. The van der Waals surface area contributed by atoms with Gasteiger partial charge in [-0.2, -0.15) is 8.78 Å². The van der Waals surface area contributed by atoms with E-state index in [1.165, 1.54) is 25.0 Å². The molecule has 0 spiro atoms. The molecule has 2 aliphatic rings. The third-order valence-corrected chi connectivity index (χ3v) is 4.64. The van der Waals surface area contributed by atoms with Crippen LogP contribution in [0.25, 0.3) is 0 Å². The first-order chi connectivity index (χ1) is 9.67. The van der Waals surface area contributed by atoms with Gasteiger partial charge in [0, 0.05) is 24.2 Å². The van der Waals surface area contributed by atoms with Gasteiger partial charge in [-0.15, -0.1) is 0 Å². The Morgan fingerprint density at radius 3 is 2.70 bits per heavy atom. The predicted octanol–water partition coefficient (Wildman–Crippen LogP) is 2.99. The molecule has 2 fully saturated rings.